The molecule has 11 heteroatoms. The van der Waals surface area contributed by atoms with Gasteiger partial charge in [-0.2, -0.15) is 4.31 Å². The second-order valence-electron chi connectivity index (χ2n) is 9.70. The molecule has 8 nitrogen and oxygen atoms in total. The van der Waals surface area contributed by atoms with Gasteiger partial charge in [0.2, 0.25) is 10.0 Å². The molecule has 2 aliphatic heterocycles. The van der Waals surface area contributed by atoms with Crippen LogP contribution in [0.15, 0.2) is 53.6 Å². The highest BCUT2D eigenvalue weighted by Gasteiger charge is 2.39. The SMILES string of the molecule is Cc1cc(S(=O)(=O)N2CCC(F)(F)CC2)cnc1-c1ccc2c(c1)CCCN2C(=O)c1ccc(O)cc1O. The number of hydrogen-bond acceptors (Lipinski definition) is 6. The molecule has 0 saturated carbocycles. The second-order valence-corrected chi connectivity index (χ2v) is 11.6. The molecule has 3 heterocycles. The average molecular weight is 544 g/mol. The van der Waals surface area contributed by atoms with Crippen LogP contribution >= 0.6 is 0 Å². The van der Waals surface area contributed by atoms with Crippen LogP contribution in [0.5, 0.6) is 11.5 Å². The number of halogens is 2. The first kappa shape index (κ1) is 26.1. The number of fused-ring (bicyclic) bond motifs is 1. The zero-order valence-corrected chi connectivity index (χ0v) is 21.5. The van der Waals surface area contributed by atoms with Crippen LogP contribution in [-0.4, -0.2) is 59.4 Å². The molecule has 2 N–H and O–H groups in total. The molecule has 1 saturated heterocycles. The number of pyridine rings is 1. The van der Waals surface area contributed by atoms with Crippen molar-refractivity contribution in [2.75, 3.05) is 24.5 Å². The molecular formula is C27H27F2N3O5S. The van der Waals surface area contributed by atoms with Crippen molar-refractivity contribution in [1.29, 1.82) is 0 Å². The van der Waals surface area contributed by atoms with Crippen LogP contribution in [0.4, 0.5) is 14.5 Å². The highest BCUT2D eigenvalue weighted by atomic mass is 32.2. The Hall–Kier alpha value is -3.57. The fourth-order valence-corrected chi connectivity index (χ4v) is 6.47. The van der Waals surface area contributed by atoms with E-state index in [-0.39, 0.29) is 41.0 Å². The van der Waals surface area contributed by atoms with Crippen LogP contribution in [0.2, 0.25) is 0 Å². The first-order valence-corrected chi connectivity index (χ1v) is 13.7. The number of anilines is 1. The van der Waals surface area contributed by atoms with Crippen molar-refractivity contribution in [1.82, 2.24) is 9.29 Å². The van der Waals surface area contributed by atoms with Crippen LogP contribution in [0.3, 0.4) is 0 Å². The van der Waals surface area contributed by atoms with Gasteiger partial charge in [0.05, 0.1) is 11.3 Å². The third-order valence-corrected chi connectivity index (χ3v) is 8.94. The lowest BCUT2D eigenvalue weighted by atomic mass is 9.96. The normalized spacial score (nSPS) is 17.7. The zero-order valence-electron chi connectivity index (χ0n) is 20.7. The van der Waals surface area contributed by atoms with Crippen molar-refractivity contribution in [3.63, 3.8) is 0 Å². The summed E-state index contributed by atoms with van der Waals surface area (Å²) < 4.78 is 54.1. The van der Waals surface area contributed by atoms with Gasteiger partial charge in [0.15, 0.2) is 0 Å². The predicted octanol–water partition coefficient (Wildman–Crippen LogP) is 4.48. The molecule has 1 fully saturated rings. The number of aryl methyl sites for hydroxylation is 2. The molecule has 0 unspecified atom stereocenters. The van der Waals surface area contributed by atoms with E-state index in [9.17, 15) is 32.2 Å². The molecule has 3 aromatic rings. The summed E-state index contributed by atoms with van der Waals surface area (Å²) in [7, 11) is -3.94. The van der Waals surface area contributed by atoms with Gasteiger partial charge in [-0.3, -0.25) is 9.78 Å². The third kappa shape index (κ3) is 4.83. The van der Waals surface area contributed by atoms with E-state index in [1.807, 2.05) is 6.07 Å². The Morgan fingerprint density at radius 1 is 1.03 bits per heavy atom. The lowest BCUT2D eigenvalue weighted by molar-refractivity contribution is -0.0412. The summed E-state index contributed by atoms with van der Waals surface area (Å²) in [5.74, 6) is -3.66. The van der Waals surface area contributed by atoms with E-state index in [1.165, 1.54) is 24.4 Å². The van der Waals surface area contributed by atoms with Crippen molar-refractivity contribution in [3.05, 3.63) is 65.4 Å². The molecule has 2 aliphatic rings. The lowest BCUT2D eigenvalue weighted by Gasteiger charge is -2.31. The molecular weight excluding hydrogens is 516 g/mol. The molecule has 1 amide bonds. The summed E-state index contributed by atoms with van der Waals surface area (Å²) in [6.45, 7) is 1.74. The van der Waals surface area contributed by atoms with Crippen molar-refractivity contribution in [2.45, 2.75) is 43.4 Å². The summed E-state index contributed by atoms with van der Waals surface area (Å²) in [5.41, 5.74) is 3.66. The molecule has 0 aliphatic carbocycles. The molecule has 0 bridgehead atoms. The van der Waals surface area contributed by atoms with Crippen LogP contribution in [0, 0.1) is 6.92 Å². The molecule has 0 atom stereocenters. The van der Waals surface area contributed by atoms with E-state index < -0.39 is 28.8 Å². The Balaban J connectivity index is 1.41. The number of aromatic nitrogens is 1. The molecule has 200 valence electrons. The number of nitrogens with zero attached hydrogens (tertiary/aromatic N) is 3. The highest BCUT2D eigenvalue weighted by Crippen LogP contribution is 2.35. The number of amides is 1. The largest absolute Gasteiger partial charge is 0.508 e. The quantitative estimate of drug-likeness (QED) is 0.502. The number of aromatic hydroxyl groups is 2. The lowest BCUT2D eigenvalue weighted by Crippen LogP contribution is -2.42. The molecule has 0 spiro atoms. The van der Waals surface area contributed by atoms with E-state index in [0.717, 1.165) is 27.9 Å². The number of rotatable bonds is 4. The van der Waals surface area contributed by atoms with Gasteiger partial charge in [-0.25, -0.2) is 17.2 Å². The summed E-state index contributed by atoms with van der Waals surface area (Å²) in [6, 6.07) is 10.9. The number of sulfonamides is 1. The first-order chi connectivity index (χ1) is 18.0. The fraction of sp³-hybridized carbons (Fsp3) is 0.333. The monoisotopic (exact) mass is 543 g/mol. The maximum absolute atomic E-state index is 13.5. The number of carbonyl (C=O) groups is 1. The topological polar surface area (TPSA) is 111 Å². The summed E-state index contributed by atoms with van der Waals surface area (Å²) >= 11 is 0. The van der Waals surface area contributed by atoms with Crippen molar-refractivity contribution in [2.24, 2.45) is 0 Å². The minimum absolute atomic E-state index is 0.0348. The van der Waals surface area contributed by atoms with Crippen LogP contribution in [-0.2, 0) is 16.4 Å². The van der Waals surface area contributed by atoms with Gasteiger partial charge in [-0.05, 0) is 61.2 Å². The number of piperidine rings is 1. The summed E-state index contributed by atoms with van der Waals surface area (Å²) in [4.78, 5) is 19.1. The number of carbonyl (C=O) groups excluding carboxylic acids is 1. The summed E-state index contributed by atoms with van der Waals surface area (Å²) in [6.07, 6.45) is 1.68. The Labute approximate surface area is 219 Å². The molecule has 5 rings (SSSR count). The Morgan fingerprint density at radius 3 is 2.45 bits per heavy atom. The third-order valence-electron chi connectivity index (χ3n) is 7.07. The van der Waals surface area contributed by atoms with Crippen molar-refractivity contribution < 1.29 is 32.2 Å². The number of hydrogen-bond donors (Lipinski definition) is 2. The van der Waals surface area contributed by atoms with Gasteiger partial charge in [0.1, 0.15) is 16.4 Å². The van der Waals surface area contributed by atoms with E-state index in [4.69, 9.17) is 0 Å². The van der Waals surface area contributed by atoms with Crippen molar-refractivity contribution in [3.8, 4) is 22.8 Å². The van der Waals surface area contributed by atoms with Gasteiger partial charge in [0.25, 0.3) is 11.8 Å². The molecule has 1 aromatic heterocycles. The van der Waals surface area contributed by atoms with Crippen LogP contribution in [0.25, 0.3) is 11.3 Å². The average Bonchev–Trinajstić information content (AvgIpc) is 2.87. The van der Waals surface area contributed by atoms with Gasteiger partial charge < -0.3 is 15.1 Å². The Morgan fingerprint density at radius 2 is 1.76 bits per heavy atom. The first-order valence-electron chi connectivity index (χ1n) is 12.3. The van der Waals surface area contributed by atoms with E-state index in [2.05, 4.69) is 4.98 Å². The maximum atomic E-state index is 13.5. The number of alkyl halides is 2. The molecule has 2 aromatic carbocycles. The Bertz CT molecular complexity index is 1520. The molecule has 38 heavy (non-hydrogen) atoms. The van der Waals surface area contributed by atoms with Gasteiger partial charge in [-0.15, -0.1) is 0 Å². The van der Waals surface area contributed by atoms with Crippen LogP contribution in [0.1, 0.15) is 40.7 Å². The number of benzene rings is 2. The number of phenolic OH excluding ortho intramolecular Hbond substituents is 2. The fourth-order valence-electron chi connectivity index (χ4n) is 5.00. The van der Waals surface area contributed by atoms with Crippen molar-refractivity contribution >= 4 is 21.6 Å². The van der Waals surface area contributed by atoms with E-state index in [0.29, 0.717) is 29.9 Å². The minimum atomic E-state index is -3.94. The zero-order chi connectivity index (χ0) is 27.2. The summed E-state index contributed by atoms with van der Waals surface area (Å²) in [5, 5.41) is 19.7. The maximum Gasteiger partial charge on any atom is 0.262 e. The highest BCUT2D eigenvalue weighted by molar-refractivity contribution is 7.89. The minimum Gasteiger partial charge on any atom is -0.508 e. The number of phenols is 2. The molecule has 0 radical (unpaired) electrons. The predicted molar refractivity (Wildman–Crippen MR) is 137 cm³/mol. The smallest absolute Gasteiger partial charge is 0.262 e. The second kappa shape index (κ2) is 9.63. The van der Waals surface area contributed by atoms with E-state index >= 15 is 0 Å². The van der Waals surface area contributed by atoms with Gasteiger partial charge in [0, 0.05) is 56.0 Å². The van der Waals surface area contributed by atoms with Gasteiger partial charge in [-0.1, -0.05) is 6.07 Å². The van der Waals surface area contributed by atoms with E-state index in [1.54, 1.807) is 24.0 Å². The Kier molecular flexibility index (Phi) is 6.60. The van der Waals surface area contributed by atoms with Gasteiger partial charge >= 0.3 is 0 Å². The van der Waals surface area contributed by atoms with Crippen LogP contribution < -0.4 is 4.90 Å². The standard InChI is InChI=1S/C27H27F2N3O5S/c1-17-13-21(38(36,37)31-11-8-27(28,29)9-12-31)16-30-25(17)19-4-7-23-18(14-19)3-2-10-32(23)26(35)22-6-5-20(33)15-24(22)34/h4-7,13-16,33-34H,2-3,8-12H2,1H3.